The van der Waals surface area contributed by atoms with Crippen molar-refractivity contribution in [3.8, 4) is 11.5 Å². The van der Waals surface area contributed by atoms with Gasteiger partial charge in [0.25, 0.3) is 5.91 Å². The van der Waals surface area contributed by atoms with Crippen LogP contribution in [0.3, 0.4) is 0 Å². The molecule has 1 amide bonds. The number of rotatable bonds is 7. The van der Waals surface area contributed by atoms with Crippen LogP contribution in [0.25, 0.3) is 10.9 Å². The highest BCUT2D eigenvalue weighted by Crippen LogP contribution is 2.49. The Balaban J connectivity index is 2.01. The Labute approximate surface area is 154 Å². The van der Waals surface area contributed by atoms with E-state index in [9.17, 15) is 4.79 Å². The fourth-order valence-electron chi connectivity index (χ4n) is 3.77. The van der Waals surface area contributed by atoms with Gasteiger partial charge in [-0.15, -0.1) is 0 Å². The first-order chi connectivity index (χ1) is 12.3. The number of carbonyl (C=O) groups excluding carboxylic acids is 1. The molecule has 0 aliphatic heterocycles. The molecule has 1 aromatic carbocycles. The maximum absolute atomic E-state index is 11.8. The number of nitrogens with zero attached hydrogens (tertiary/aromatic N) is 1. The Morgan fingerprint density at radius 2 is 1.88 bits per heavy atom. The number of carbonyl (C=O) groups is 1. The second-order valence-electron chi connectivity index (χ2n) is 7.57. The van der Waals surface area contributed by atoms with Gasteiger partial charge in [0.15, 0.2) is 0 Å². The van der Waals surface area contributed by atoms with Crippen molar-refractivity contribution in [2.24, 2.45) is 23.5 Å². The van der Waals surface area contributed by atoms with Gasteiger partial charge in [-0.1, -0.05) is 20.8 Å². The van der Waals surface area contributed by atoms with E-state index >= 15 is 0 Å². The second-order valence-corrected chi connectivity index (χ2v) is 7.57. The van der Waals surface area contributed by atoms with Gasteiger partial charge in [0.2, 0.25) is 0 Å². The number of primary amides is 1. The number of fused-ring (bicyclic) bond motifs is 1. The molecule has 26 heavy (non-hydrogen) atoms. The fraction of sp³-hybridized carbons (Fsp3) is 0.524. The van der Waals surface area contributed by atoms with Gasteiger partial charge in [0.1, 0.15) is 17.6 Å². The van der Waals surface area contributed by atoms with E-state index in [2.05, 4.69) is 25.8 Å². The van der Waals surface area contributed by atoms with Crippen LogP contribution in [0, 0.1) is 17.8 Å². The average Bonchev–Trinajstić information content (AvgIpc) is 3.18. The molecule has 3 unspecified atom stereocenters. The van der Waals surface area contributed by atoms with Crippen LogP contribution < -0.4 is 15.2 Å². The van der Waals surface area contributed by atoms with Gasteiger partial charge in [-0.2, -0.15) is 0 Å². The minimum absolute atomic E-state index is 0.0665. The lowest BCUT2D eigenvalue weighted by Crippen LogP contribution is -2.20. The van der Waals surface area contributed by atoms with E-state index in [0.717, 1.165) is 17.6 Å². The summed E-state index contributed by atoms with van der Waals surface area (Å²) in [6, 6.07) is 5.39. The number of benzene rings is 1. The van der Waals surface area contributed by atoms with Crippen LogP contribution in [0.2, 0.25) is 0 Å². The van der Waals surface area contributed by atoms with Crippen LogP contribution in [0.1, 0.15) is 51.4 Å². The summed E-state index contributed by atoms with van der Waals surface area (Å²) < 4.78 is 12.2. The molecular formula is C21H28N2O3. The van der Waals surface area contributed by atoms with Gasteiger partial charge >= 0.3 is 0 Å². The number of hydrogen-bond acceptors (Lipinski definition) is 4. The first-order valence-electron chi connectivity index (χ1n) is 9.39. The Morgan fingerprint density at radius 3 is 2.42 bits per heavy atom. The van der Waals surface area contributed by atoms with Crippen molar-refractivity contribution in [3.63, 3.8) is 0 Å². The van der Waals surface area contributed by atoms with E-state index in [1.165, 1.54) is 0 Å². The molecule has 1 heterocycles. The molecule has 5 heteroatoms. The average molecular weight is 356 g/mol. The number of hydrogen-bond donors (Lipinski definition) is 1. The van der Waals surface area contributed by atoms with Crippen LogP contribution in [-0.4, -0.2) is 23.1 Å². The predicted octanol–water partition coefficient (Wildman–Crippen LogP) is 4.18. The number of aromatic nitrogens is 1. The molecule has 0 bridgehead atoms. The van der Waals surface area contributed by atoms with Gasteiger partial charge in [-0.3, -0.25) is 9.78 Å². The summed E-state index contributed by atoms with van der Waals surface area (Å²) in [5.41, 5.74) is 6.54. The summed E-state index contributed by atoms with van der Waals surface area (Å²) in [6.07, 6.45) is 2.77. The van der Waals surface area contributed by atoms with Gasteiger partial charge < -0.3 is 15.2 Å². The van der Waals surface area contributed by atoms with E-state index in [4.69, 9.17) is 15.2 Å². The minimum Gasteiger partial charge on any atom is -0.490 e. The summed E-state index contributed by atoms with van der Waals surface area (Å²) in [5.74, 6) is 2.68. The fourth-order valence-corrected chi connectivity index (χ4v) is 3.77. The normalized spacial score (nSPS) is 23.1. The molecule has 1 aliphatic carbocycles. The van der Waals surface area contributed by atoms with E-state index < -0.39 is 5.91 Å². The zero-order valence-electron chi connectivity index (χ0n) is 16.2. The first kappa shape index (κ1) is 18.5. The monoisotopic (exact) mass is 356 g/mol. The summed E-state index contributed by atoms with van der Waals surface area (Å²) in [6.45, 7) is 10.5. The third-order valence-electron chi connectivity index (χ3n) is 5.44. The summed E-state index contributed by atoms with van der Waals surface area (Å²) >= 11 is 0. The van der Waals surface area contributed by atoms with Crippen LogP contribution in [0.15, 0.2) is 24.4 Å². The highest BCUT2D eigenvalue weighted by Gasteiger charge is 2.48. The Morgan fingerprint density at radius 1 is 1.19 bits per heavy atom. The van der Waals surface area contributed by atoms with E-state index in [1.807, 2.05) is 26.0 Å². The molecule has 0 saturated heterocycles. The number of pyridine rings is 1. The van der Waals surface area contributed by atoms with Crippen LogP contribution in [0.4, 0.5) is 0 Å². The van der Waals surface area contributed by atoms with Crippen LogP contribution in [0.5, 0.6) is 11.5 Å². The predicted molar refractivity (Wildman–Crippen MR) is 103 cm³/mol. The molecule has 2 aromatic rings. The SMILES string of the molecule is CCC(Oc1ccnc2cc(C(N)=O)c(OC(C)C)cc12)C1C(C)C1C. The van der Waals surface area contributed by atoms with Gasteiger partial charge in [0, 0.05) is 17.5 Å². The van der Waals surface area contributed by atoms with Crippen molar-refractivity contribution >= 4 is 16.8 Å². The van der Waals surface area contributed by atoms with Gasteiger partial charge in [-0.25, -0.2) is 0 Å². The second kappa shape index (κ2) is 7.14. The van der Waals surface area contributed by atoms with Gasteiger partial charge in [0.05, 0.1) is 17.2 Å². The standard InChI is InChI=1S/C21H28N2O3/c1-6-17(20-12(4)13(20)5)26-18-7-8-23-16-9-15(21(22)24)19(10-14(16)18)25-11(2)3/h7-13,17,20H,6H2,1-5H3,(H2,22,24). The quantitative estimate of drug-likeness (QED) is 0.807. The first-order valence-corrected chi connectivity index (χ1v) is 9.39. The molecule has 5 nitrogen and oxygen atoms in total. The zero-order valence-corrected chi connectivity index (χ0v) is 16.2. The van der Waals surface area contributed by atoms with Crippen molar-refractivity contribution in [2.45, 2.75) is 53.2 Å². The summed E-state index contributed by atoms with van der Waals surface area (Å²) in [7, 11) is 0. The van der Waals surface area contributed by atoms with Gasteiger partial charge in [-0.05, 0) is 50.3 Å². The number of ether oxygens (including phenoxy) is 2. The molecule has 1 fully saturated rings. The Kier molecular flexibility index (Phi) is 5.08. The minimum atomic E-state index is -0.525. The van der Waals surface area contributed by atoms with E-state index in [-0.39, 0.29) is 12.2 Å². The van der Waals surface area contributed by atoms with Crippen LogP contribution in [-0.2, 0) is 0 Å². The summed E-state index contributed by atoms with van der Waals surface area (Å²) in [4.78, 5) is 16.2. The molecule has 0 spiro atoms. The number of amides is 1. The molecular weight excluding hydrogens is 328 g/mol. The lowest BCUT2D eigenvalue weighted by molar-refractivity contribution is 0.0994. The van der Waals surface area contributed by atoms with Crippen molar-refractivity contribution < 1.29 is 14.3 Å². The van der Waals surface area contributed by atoms with Crippen molar-refractivity contribution in [1.82, 2.24) is 4.98 Å². The molecule has 2 N–H and O–H groups in total. The topological polar surface area (TPSA) is 74.4 Å². The van der Waals surface area contributed by atoms with Crippen LogP contribution >= 0.6 is 0 Å². The summed E-state index contributed by atoms with van der Waals surface area (Å²) in [5, 5.41) is 0.840. The Bertz CT molecular complexity index is 810. The molecule has 0 radical (unpaired) electrons. The molecule has 3 atom stereocenters. The lowest BCUT2D eigenvalue weighted by Gasteiger charge is -2.20. The molecule has 1 saturated carbocycles. The highest BCUT2D eigenvalue weighted by molar-refractivity contribution is 6.01. The molecule has 140 valence electrons. The van der Waals surface area contributed by atoms with Crippen molar-refractivity contribution in [3.05, 3.63) is 30.0 Å². The third-order valence-corrected chi connectivity index (χ3v) is 5.44. The number of nitrogens with two attached hydrogens (primary N) is 1. The highest BCUT2D eigenvalue weighted by atomic mass is 16.5. The maximum Gasteiger partial charge on any atom is 0.252 e. The van der Waals surface area contributed by atoms with E-state index in [1.54, 1.807) is 12.3 Å². The molecule has 1 aliphatic rings. The van der Waals surface area contributed by atoms with Crippen molar-refractivity contribution in [1.29, 1.82) is 0 Å². The van der Waals surface area contributed by atoms with Crippen molar-refractivity contribution in [2.75, 3.05) is 0 Å². The molecule has 1 aromatic heterocycles. The van der Waals surface area contributed by atoms with E-state index in [0.29, 0.717) is 34.6 Å². The largest absolute Gasteiger partial charge is 0.490 e. The maximum atomic E-state index is 11.8. The molecule has 3 rings (SSSR count). The smallest absolute Gasteiger partial charge is 0.252 e. The Hall–Kier alpha value is -2.30. The third kappa shape index (κ3) is 3.48. The zero-order chi connectivity index (χ0) is 19.0. The lowest BCUT2D eigenvalue weighted by atomic mass is 10.1.